The lowest BCUT2D eigenvalue weighted by atomic mass is 10.2. The molecule has 0 aliphatic carbocycles. The molecule has 0 aromatic heterocycles. The average molecular weight is 386 g/mol. The number of primary sulfonamides is 1. The molecular weight excluding hydrogens is 368 g/mol. The van der Waals surface area contributed by atoms with Gasteiger partial charge in [-0.05, 0) is 25.0 Å². The van der Waals surface area contributed by atoms with Crippen LogP contribution in [-0.4, -0.2) is 55.1 Å². The molecule has 26 heavy (non-hydrogen) atoms. The van der Waals surface area contributed by atoms with E-state index in [1.807, 2.05) is 0 Å². The molecule has 142 valence electrons. The summed E-state index contributed by atoms with van der Waals surface area (Å²) in [5.74, 6) is -0.478. The quantitative estimate of drug-likeness (QED) is 0.260. The van der Waals surface area contributed by atoms with Gasteiger partial charge in [0.15, 0.2) is 0 Å². The molecule has 0 radical (unpaired) electrons. The first-order valence-electron chi connectivity index (χ1n) is 7.67. The van der Waals surface area contributed by atoms with Crippen molar-refractivity contribution in [2.24, 2.45) is 5.14 Å². The highest BCUT2D eigenvalue weighted by atomic mass is 32.2. The number of carbonyl (C=O) groups excluding carboxylic acids is 2. The minimum absolute atomic E-state index is 0.0535. The van der Waals surface area contributed by atoms with Crippen LogP contribution in [-0.2, 0) is 14.8 Å². The number of nitro groups is 1. The van der Waals surface area contributed by atoms with E-state index in [2.05, 4.69) is 5.32 Å². The summed E-state index contributed by atoms with van der Waals surface area (Å²) < 4.78 is 27.3. The maximum Gasteiger partial charge on any atom is 0.324 e. The summed E-state index contributed by atoms with van der Waals surface area (Å²) in [7, 11) is -3.71. The number of nitrogens with two attached hydrogens (primary N) is 1. The Bertz CT molecular complexity index is 794. The Morgan fingerprint density at radius 2 is 1.92 bits per heavy atom. The number of urea groups is 1. The predicted octanol–water partition coefficient (Wildman–Crippen LogP) is -0.0373. The molecule has 1 aliphatic rings. The van der Waals surface area contributed by atoms with Gasteiger partial charge in [0.1, 0.15) is 11.8 Å². The van der Waals surface area contributed by atoms with E-state index in [-0.39, 0.29) is 25.3 Å². The number of imide groups is 1. The number of nitro benzene ring substituents is 1. The van der Waals surface area contributed by atoms with E-state index in [1.165, 1.54) is 24.3 Å². The third kappa shape index (κ3) is 5.39. The average Bonchev–Trinajstić information content (AvgIpc) is 2.83. The molecule has 1 aromatic rings. The van der Waals surface area contributed by atoms with Crippen molar-refractivity contribution >= 4 is 27.6 Å². The number of hydrogen-bond acceptors (Lipinski definition) is 7. The number of carbonyl (C=O) groups is 2. The highest BCUT2D eigenvalue weighted by Crippen LogP contribution is 2.17. The third-order valence-corrected chi connectivity index (χ3v) is 4.45. The van der Waals surface area contributed by atoms with Crippen molar-refractivity contribution < 1.29 is 27.7 Å². The van der Waals surface area contributed by atoms with Crippen molar-refractivity contribution in [1.29, 1.82) is 0 Å². The largest absolute Gasteiger partial charge is 0.494 e. The molecular formula is C14H18N4O7S. The Morgan fingerprint density at radius 1 is 1.27 bits per heavy atom. The predicted molar refractivity (Wildman–Crippen MR) is 89.8 cm³/mol. The Hall–Kier alpha value is -2.73. The van der Waals surface area contributed by atoms with E-state index >= 15 is 0 Å². The molecule has 0 spiro atoms. The Labute approximate surface area is 149 Å². The number of amides is 3. The summed E-state index contributed by atoms with van der Waals surface area (Å²) in [6, 6.07) is 4.02. The zero-order valence-electron chi connectivity index (χ0n) is 13.7. The molecule has 1 saturated heterocycles. The fraction of sp³-hybridized carbons (Fsp3) is 0.429. The van der Waals surface area contributed by atoms with Gasteiger partial charge < -0.3 is 10.1 Å². The van der Waals surface area contributed by atoms with Gasteiger partial charge >= 0.3 is 6.03 Å². The van der Waals surface area contributed by atoms with Gasteiger partial charge in [0.05, 0.1) is 17.3 Å². The maximum absolute atomic E-state index is 12.1. The first-order valence-corrected chi connectivity index (χ1v) is 9.38. The maximum atomic E-state index is 12.1. The summed E-state index contributed by atoms with van der Waals surface area (Å²) in [5.41, 5.74) is -0.0535. The van der Waals surface area contributed by atoms with Crippen LogP contribution >= 0.6 is 0 Å². The molecule has 12 heteroatoms. The van der Waals surface area contributed by atoms with Crippen molar-refractivity contribution in [3.8, 4) is 5.75 Å². The second-order valence-corrected chi connectivity index (χ2v) is 7.33. The van der Waals surface area contributed by atoms with Crippen LogP contribution in [0.2, 0.25) is 0 Å². The van der Waals surface area contributed by atoms with E-state index in [9.17, 15) is 28.1 Å². The number of hydrogen-bond donors (Lipinski definition) is 2. The van der Waals surface area contributed by atoms with Gasteiger partial charge in [0.2, 0.25) is 10.0 Å². The van der Waals surface area contributed by atoms with Crippen molar-refractivity contribution in [3.05, 3.63) is 34.4 Å². The highest BCUT2D eigenvalue weighted by Gasteiger charge is 2.37. The monoisotopic (exact) mass is 386 g/mol. The number of benzene rings is 1. The van der Waals surface area contributed by atoms with Crippen LogP contribution in [0.4, 0.5) is 10.5 Å². The fourth-order valence-corrected chi connectivity index (χ4v) is 2.91. The molecule has 3 N–H and O–H groups in total. The molecule has 1 heterocycles. The van der Waals surface area contributed by atoms with Crippen LogP contribution in [0.25, 0.3) is 0 Å². The molecule has 11 nitrogen and oxygen atoms in total. The number of non-ortho nitro benzene ring substituents is 1. The van der Waals surface area contributed by atoms with Crippen molar-refractivity contribution in [2.45, 2.75) is 18.9 Å². The first-order chi connectivity index (χ1) is 12.2. The lowest BCUT2D eigenvalue weighted by molar-refractivity contribution is -0.384. The Kier molecular flexibility index (Phi) is 6.10. The zero-order chi connectivity index (χ0) is 19.3. The van der Waals surface area contributed by atoms with Gasteiger partial charge in [0, 0.05) is 18.7 Å². The highest BCUT2D eigenvalue weighted by molar-refractivity contribution is 7.89. The molecule has 0 bridgehead atoms. The minimum Gasteiger partial charge on any atom is -0.494 e. The summed E-state index contributed by atoms with van der Waals surface area (Å²) in [4.78, 5) is 34.9. The van der Waals surface area contributed by atoms with E-state index in [0.717, 1.165) is 4.90 Å². The summed E-state index contributed by atoms with van der Waals surface area (Å²) in [6.07, 6.45) is 0.261. The van der Waals surface area contributed by atoms with Crippen molar-refractivity contribution in [1.82, 2.24) is 10.2 Å². The number of ether oxygens (including phenoxy) is 1. The molecule has 1 aliphatic heterocycles. The number of nitrogens with zero attached hydrogens (tertiary/aromatic N) is 2. The van der Waals surface area contributed by atoms with Crippen LogP contribution in [0.3, 0.4) is 0 Å². The zero-order valence-corrected chi connectivity index (χ0v) is 14.5. The number of sulfonamides is 1. The van der Waals surface area contributed by atoms with Gasteiger partial charge in [-0.2, -0.15) is 0 Å². The van der Waals surface area contributed by atoms with Crippen molar-refractivity contribution in [2.75, 3.05) is 18.9 Å². The van der Waals surface area contributed by atoms with Crippen LogP contribution < -0.4 is 15.2 Å². The van der Waals surface area contributed by atoms with E-state index in [4.69, 9.17) is 9.88 Å². The van der Waals surface area contributed by atoms with Crippen molar-refractivity contribution in [3.63, 3.8) is 0 Å². The molecule has 1 aromatic carbocycles. The van der Waals surface area contributed by atoms with Gasteiger partial charge in [-0.1, -0.05) is 0 Å². The lowest BCUT2D eigenvalue weighted by Crippen LogP contribution is -2.34. The summed E-state index contributed by atoms with van der Waals surface area (Å²) >= 11 is 0. The number of rotatable bonds is 9. The van der Waals surface area contributed by atoms with Crippen LogP contribution in [0, 0.1) is 10.1 Å². The third-order valence-electron chi connectivity index (χ3n) is 3.64. The topological polar surface area (TPSA) is 162 Å². The second-order valence-electron chi connectivity index (χ2n) is 5.60. The Morgan fingerprint density at radius 3 is 2.50 bits per heavy atom. The molecule has 3 amide bonds. The van der Waals surface area contributed by atoms with Gasteiger partial charge in [0.25, 0.3) is 11.6 Å². The van der Waals surface area contributed by atoms with E-state index < -0.39 is 38.7 Å². The van der Waals surface area contributed by atoms with E-state index in [1.54, 1.807) is 0 Å². The smallest absolute Gasteiger partial charge is 0.324 e. The van der Waals surface area contributed by atoms with Crippen LogP contribution in [0.5, 0.6) is 5.75 Å². The van der Waals surface area contributed by atoms with Gasteiger partial charge in [-0.25, -0.2) is 18.4 Å². The summed E-state index contributed by atoms with van der Waals surface area (Å²) in [6.45, 7) is 0.292. The minimum atomic E-state index is -3.71. The Balaban J connectivity index is 1.77. The second kappa shape index (κ2) is 8.10. The van der Waals surface area contributed by atoms with Crippen LogP contribution in [0.1, 0.15) is 12.8 Å². The number of nitrogens with one attached hydrogen (secondary N) is 1. The normalized spacial score (nSPS) is 17.3. The molecule has 1 fully saturated rings. The first kappa shape index (κ1) is 19.6. The molecule has 1 atom stereocenters. The van der Waals surface area contributed by atoms with E-state index in [0.29, 0.717) is 12.2 Å². The van der Waals surface area contributed by atoms with Gasteiger partial charge in [-0.15, -0.1) is 0 Å². The molecule has 0 unspecified atom stereocenters. The fourth-order valence-electron chi connectivity index (χ4n) is 2.34. The van der Waals surface area contributed by atoms with Crippen LogP contribution in [0.15, 0.2) is 24.3 Å². The lowest BCUT2D eigenvalue weighted by Gasteiger charge is -2.13. The molecule has 0 saturated carbocycles. The van der Waals surface area contributed by atoms with Gasteiger partial charge in [-0.3, -0.25) is 19.8 Å². The summed E-state index contributed by atoms with van der Waals surface area (Å²) in [5, 5.41) is 17.9. The SMILES string of the molecule is NS(=O)(=O)CC[C@H]1NC(=O)N(CCCOc2ccc([N+](=O)[O-])cc2)C1=O. The standard InChI is InChI=1S/C14H18N4O7S/c15-26(23,24)9-6-12-13(19)17(14(20)16-12)7-1-8-25-11-4-2-10(3-5-11)18(21)22/h2-5,12H,1,6-9H2,(H,16,20)(H2,15,23,24)/t12-/m1/s1. The molecule has 2 rings (SSSR count).